The SMILES string of the molecule is CCc1cccc(OCC(=O)Nc2ccc(Br)cc2Br)c1. The minimum absolute atomic E-state index is 0.0182. The molecule has 0 atom stereocenters. The third kappa shape index (κ3) is 4.86. The van der Waals surface area contributed by atoms with E-state index in [0.717, 1.165) is 15.4 Å². The van der Waals surface area contributed by atoms with Crippen molar-refractivity contribution in [1.29, 1.82) is 0 Å². The molecule has 0 aliphatic carbocycles. The second-order valence-corrected chi connectivity index (χ2v) is 6.23. The van der Waals surface area contributed by atoms with Crippen molar-refractivity contribution >= 4 is 43.5 Å². The number of carbonyl (C=O) groups is 1. The Morgan fingerprint density at radius 3 is 2.71 bits per heavy atom. The molecule has 0 aliphatic rings. The van der Waals surface area contributed by atoms with Gasteiger partial charge in [0.05, 0.1) is 5.69 Å². The highest BCUT2D eigenvalue weighted by Gasteiger charge is 2.07. The van der Waals surface area contributed by atoms with E-state index in [2.05, 4.69) is 44.1 Å². The number of hydrogen-bond donors (Lipinski definition) is 1. The van der Waals surface area contributed by atoms with Crippen molar-refractivity contribution in [2.24, 2.45) is 0 Å². The number of carbonyl (C=O) groups excluding carboxylic acids is 1. The van der Waals surface area contributed by atoms with Crippen LogP contribution in [0.4, 0.5) is 5.69 Å². The Hall–Kier alpha value is -1.33. The molecule has 1 N–H and O–H groups in total. The van der Waals surface area contributed by atoms with Crippen molar-refractivity contribution in [2.45, 2.75) is 13.3 Å². The van der Waals surface area contributed by atoms with E-state index in [1.165, 1.54) is 5.56 Å². The number of ether oxygens (including phenoxy) is 1. The van der Waals surface area contributed by atoms with Gasteiger partial charge in [-0.15, -0.1) is 0 Å². The second-order valence-electron chi connectivity index (χ2n) is 4.46. The highest BCUT2D eigenvalue weighted by molar-refractivity contribution is 9.11. The third-order valence-corrected chi connectivity index (χ3v) is 4.03. The third-order valence-electron chi connectivity index (χ3n) is 2.88. The monoisotopic (exact) mass is 411 g/mol. The summed E-state index contributed by atoms with van der Waals surface area (Å²) >= 11 is 6.77. The summed E-state index contributed by atoms with van der Waals surface area (Å²) in [4.78, 5) is 11.9. The Morgan fingerprint density at radius 2 is 2.00 bits per heavy atom. The van der Waals surface area contributed by atoms with Crippen molar-refractivity contribution in [3.8, 4) is 5.75 Å². The first-order valence-corrected chi connectivity index (χ1v) is 8.13. The number of halogens is 2. The molecule has 0 unspecified atom stereocenters. The highest BCUT2D eigenvalue weighted by Crippen LogP contribution is 2.26. The van der Waals surface area contributed by atoms with E-state index in [1.807, 2.05) is 42.5 Å². The Labute approximate surface area is 141 Å². The van der Waals surface area contributed by atoms with Crippen LogP contribution in [-0.2, 0) is 11.2 Å². The van der Waals surface area contributed by atoms with Crippen LogP contribution < -0.4 is 10.1 Å². The molecular formula is C16H15Br2NO2. The number of hydrogen-bond acceptors (Lipinski definition) is 2. The number of rotatable bonds is 5. The van der Waals surface area contributed by atoms with Crippen LogP contribution in [-0.4, -0.2) is 12.5 Å². The zero-order valence-electron chi connectivity index (χ0n) is 11.5. The molecule has 0 spiro atoms. The Balaban J connectivity index is 1.92. The quantitative estimate of drug-likeness (QED) is 0.766. The van der Waals surface area contributed by atoms with Gasteiger partial charge in [-0.05, 0) is 58.2 Å². The molecule has 21 heavy (non-hydrogen) atoms. The molecule has 1 amide bonds. The predicted octanol–water partition coefficient (Wildman–Crippen LogP) is 4.79. The average Bonchev–Trinajstić information content (AvgIpc) is 2.48. The molecule has 2 aromatic rings. The smallest absolute Gasteiger partial charge is 0.262 e. The molecule has 0 bridgehead atoms. The number of benzene rings is 2. The van der Waals surface area contributed by atoms with E-state index >= 15 is 0 Å². The van der Waals surface area contributed by atoms with Crippen LogP contribution in [0.3, 0.4) is 0 Å². The largest absolute Gasteiger partial charge is 0.484 e. The fraction of sp³-hybridized carbons (Fsp3) is 0.188. The molecule has 0 aromatic heterocycles. The van der Waals surface area contributed by atoms with Crippen LogP contribution in [0, 0.1) is 0 Å². The van der Waals surface area contributed by atoms with E-state index in [1.54, 1.807) is 0 Å². The summed E-state index contributed by atoms with van der Waals surface area (Å²) in [5.41, 5.74) is 1.90. The van der Waals surface area contributed by atoms with E-state index in [4.69, 9.17) is 4.74 Å². The van der Waals surface area contributed by atoms with E-state index < -0.39 is 0 Å². The summed E-state index contributed by atoms with van der Waals surface area (Å²) in [5.74, 6) is 0.513. The minimum atomic E-state index is -0.195. The second kappa shape index (κ2) is 7.61. The molecule has 3 nitrogen and oxygen atoms in total. The zero-order chi connectivity index (χ0) is 15.2. The molecule has 2 aromatic carbocycles. The Bertz CT molecular complexity index is 644. The maximum absolute atomic E-state index is 11.9. The molecule has 2 rings (SSSR count). The van der Waals surface area contributed by atoms with Crippen LogP contribution in [0.2, 0.25) is 0 Å². The van der Waals surface area contributed by atoms with Crippen LogP contribution in [0.25, 0.3) is 0 Å². The summed E-state index contributed by atoms with van der Waals surface area (Å²) < 4.78 is 7.27. The fourth-order valence-corrected chi connectivity index (χ4v) is 2.93. The van der Waals surface area contributed by atoms with Gasteiger partial charge in [-0.25, -0.2) is 0 Å². The lowest BCUT2D eigenvalue weighted by Crippen LogP contribution is -2.20. The molecule has 0 radical (unpaired) electrons. The van der Waals surface area contributed by atoms with E-state index in [0.29, 0.717) is 11.4 Å². The molecule has 5 heteroatoms. The summed E-state index contributed by atoms with van der Waals surface area (Å²) in [6.07, 6.45) is 0.940. The Kier molecular flexibility index (Phi) is 5.82. The topological polar surface area (TPSA) is 38.3 Å². The van der Waals surface area contributed by atoms with Crippen molar-refractivity contribution in [3.05, 3.63) is 57.0 Å². The standard InChI is InChI=1S/C16H15Br2NO2/c1-2-11-4-3-5-13(8-11)21-10-16(20)19-15-7-6-12(17)9-14(15)18/h3-9H,2,10H2,1H3,(H,19,20). The molecular weight excluding hydrogens is 398 g/mol. The predicted molar refractivity (Wildman–Crippen MR) is 91.8 cm³/mol. The van der Waals surface area contributed by atoms with Crippen molar-refractivity contribution in [1.82, 2.24) is 0 Å². The number of nitrogens with one attached hydrogen (secondary N) is 1. The van der Waals surface area contributed by atoms with Crippen LogP contribution in [0.15, 0.2) is 51.4 Å². The van der Waals surface area contributed by atoms with Gasteiger partial charge in [0.15, 0.2) is 6.61 Å². The summed E-state index contributed by atoms with van der Waals surface area (Å²) in [5, 5.41) is 2.80. The maximum atomic E-state index is 11.9. The first kappa shape index (κ1) is 16.0. The van der Waals surface area contributed by atoms with Crippen molar-refractivity contribution in [3.63, 3.8) is 0 Å². The summed E-state index contributed by atoms with van der Waals surface area (Å²) in [6.45, 7) is 2.06. The number of aryl methyl sites for hydroxylation is 1. The normalized spacial score (nSPS) is 10.2. The summed E-state index contributed by atoms with van der Waals surface area (Å²) in [7, 11) is 0. The fourth-order valence-electron chi connectivity index (χ4n) is 1.78. The van der Waals surface area contributed by atoms with Gasteiger partial charge >= 0.3 is 0 Å². The van der Waals surface area contributed by atoms with Crippen molar-refractivity contribution in [2.75, 3.05) is 11.9 Å². The van der Waals surface area contributed by atoms with Gasteiger partial charge in [0, 0.05) is 8.95 Å². The Morgan fingerprint density at radius 1 is 1.19 bits per heavy atom. The van der Waals surface area contributed by atoms with E-state index in [-0.39, 0.29) is 12.5 Å². The lowest BCUT2D eigenvalue weighted by molar-refractivity contribution is -0.118. The summed E-state index contributed by atoms with van der Waals surface area (Å²) in [6, 6.07) is 13.3. The molecule has 0 saturated carbocycles. The first-order valence-electron chi connectivity index (χ1n) is 6.55. The van der Waals surface area contributed by atoms with Gasteiger partial charge in [0.25, 0.3) is 5.91 Å². The van der Waals surface area contributed by atoms with Crippen LogP contribution in [0.1, 0.15) is 12.5 Å². The lowest BCUT2D eigenvalue weighted by atomic mass is 10.2. The average molecular weight is 413 g/mol. The van der Waals surface area contributed by atoms with Gasteiger partial charge < -0.3 is 10.1 Å². The molecule has 110 valence electrons. The van der Waals surface area contributed by atoms with Crippen molar-refractivity contribution < 1.29 is 9.53 Å². The van der Waals surface area contributed by atoms with Gasteiger partial charge in [-0.3, -0.25) is 4.79 Å². The number of amides is 1. The van der Waals surface area contributed by atoms with Gasteiger partial charge in [0.1, 0.15) is 5.75 Å². The molecule has 0 saturated heterocycles. The van der Waals surface area contributed by atoms with Gasteiger partial charge in [-0.1, -0.05) is 35.0 Å². The zero-order valence-corrected chi connectivity index (χ0v) is 14.7. The lowest BCUT2D eigenvalue weighted by Gasteiger charge is -2.10. The molecule has 0 fully saturated rings. The highest BCUT2D eigenvalue weighted by atomic mass is 79.9. The first-order chi connectivity index (χ1) is 10.1. The van der Waals surface area contributed by atoms with Crippen LogP contribution in [0.5, 0.6) is 5.75 Å². The van der Waals surface area contributed by atoms with Crippen LogP contribution >= 0.6 is 31.9 Å². The molecule has 0 heterocycles. The van der Waals surface area contributed by atoms with Gasteiger partial charge in [-0.2, -0.15) is 0 Å². The van der Waals surface area contributed by atoms with Gasteiger partial charge in [0.2, 0.25) is 0 Å². The number of anilines is 1. The maximum Gasteiger partial charge on any atom is 0.262 e. The van der Waals surface area contributed by atoms with E-state index in [9.17, 15) is 4.79 Å². The molecule has 0 aliphatic heterocycles. The minimum Gasteiger partial charge on any atom is -0.484 e.